The lowest BCUT2D eigenvalue weighted by Gasteiger charge is -2.28. The molecule has 4 rings (SSSR count). The van der Waals surface area contributed by atoms with Gasteiger partial charge >= 0.3 is 0 Å². The van der Waals surface area contributed by atoms with Crippen molar-refractivity contribution in [3.63, 3.8) is 0 Å². The van der Waals surface area contributed by atoms with Gasteiger partial charge in [-0.2, -0.15) is 0 Å². The fraction of sp³-hybridized carbons (Fsp3) is 0.591. The Kier molecular flexibility index (Phi) is 6.34. The van der Waals surface area contributed by atoms with E-state index in [-0.39, 0.29) is 17.2 Å². The van der Waals surface area contributed by atoms with Crippen LogP contribution in [-0.4, -0.2) is 72.6 Å². The van der Waals surface area contributed by atoms with Gasteiger partial charge in [0.2, 0.25) is 0 Å². The summed E-state index contributed by atoms with van der Waals surface area (Å²) < 4.78 is 5.31. The lowest BCUT2D eigenvalue weighted by molar-refractivity contribution is -0.220. The molecule has 1 unspecified atom stereocenters. The molecule has 162 valence electrons. The number of hydrogen-bond donors (Lipinski definition) is 2. The van der Waals surface area contributed by atoms with Crippen LogP contribution in [0, 0.1) is 11.3 Å². The molecular formula is C22H30N5O3-. The summed E-state index contributed by atoms with van der Waals surface area (Å²) in [5.41, 5.74) is 1.62. The zero-order valence-corrected chi connectivity index (χ0v) is 17.5. The summed E-state index contributed by atoms with van der Waals surface area (Å²) in [4.78, 5) is 26.1. The van der Waals surface area contributed by atoms with Crippen LogP contribution in [0.2, 0.25) is 0 Å². The zero-order chi connectivity index (χ0) is 21.0. The molecule has 2 fully saturated rings. The summed E-state index contributed by atoms with van der Waals surface area (Å²) in [7, 11) is 0. The topological polar surface area (TPSA) is 106 Å². The number of aromatic nitrogens is 2. The average molecular weight is 413 g/mol. The molecule has 2 aromatic rings. The molecule has 0 bridgehead atoms. The number of aliphatic imine (C=N–C) groups is 1. The van der Waals surface area contributed by atoms with Crippen LogP contribution in [0.3, 0.4) is 0 Å². The van der Waals surface area contributed by atoms with E-state index in [4.69, 9.17) is 4.74 Å². The van der Waals surface area contributed by atoms with E-state index < -0.39 is 0 Å². The minimum absolute atomic E-state index is 0.0399. The van der Waals surface area contributed by atoms with Crippen molar-refractivity contribution in [1.29, 1.82) is 0 Å². The molecule has 0 radical (unpaired) electrons. The molecule has 0 aromatic carbocycles. The smallest absolute Gasteiger partial charge is 0.267 e. The monoisotopic (exact) mass is 412 g/mol. The van der Waals surface area contributed by atoms with Gasteiger partial charge in [0.1, 0.15) is 5.69 Å². The van der Waals surface area contributed by atoms with Crippen LogP contribution in [0.5, 0.6) is 0 Å². The molecule has 2 aliphatic rings. The van der Waals surface area contributed by atoms with E-state index in [1.165, 1.54) is 0 Å². The number of amides is 1. The van der Waals surface area contributed by atoms with E-state index in [0.29, 0.717) is 44.5 Å². The highest BCUT2D eigenvalue weighted by Gasteiger charge is 2.51. The summed E-state index contributed by atoms with van der Waals surface area (Å²) >= 11 is 0. The Hall–Kier alpha value is -2.45. The van der Waals surface area contributed by atoms with E-state index in [9.17, 15) is 9.90 Å². The number of aromatic amines is 1. The van der Waals surface area contributed by atoms with Crippen LogP contribution in [0.15, 0.2) is 29.5 Å². The molecular weight excluding hydrogens is 382 g/mol. The number of nitrogens with one attached hydrogen (secondary N) is 2. The lowest BCUT2D eigenvalue weighted by atomic mass is 9.96. The molecule has 8 nitrogen and oxygen atoms in total. The van der Waals surface area contributed by atoms with Crippen LogP contribution in [-0.2, 0) is 4.74 Å². The Morgan fingerprint density at radius 1 is 1.47 bits per heavy atom. The maximum atomic E-state index is 12.5. The quantitative estimate of drug-likeness (QED) is 0.475. The van der Waals surface area contributed by atoms with Gasteiger partial charge in [0.25, 0.3) is 5.91 Å². The number of pyridine rings is 1. The molecule has 8 heteroatoms. The molecule has 2 atom stereocenters. The first kappa shape index (κ1) is 20.8. The second-order valence-corrected chi connectivity index (χ2v) is 8.39. The van der Waals surface area contributed by atoms with Crippen molar-refractivity contribution in [3.8, 4) is 0 Å². The van der Waals surface area contributed by atoms with E-state index >= 15 is 0 Å². The van der Waals surface area contributed by atoms with Crippen LogP contribution < -0.4 is 10.4 Å². The van der Waals surface area contributed by atoms with Crippen LogP contribution >= 0.6 is 0 Å². The van der Waals surface area contributed by atoms with Gasteiger partial charge in [0, 0.05) is 44.3 Å². The second kappa shape index (κ2) is 9.14. The van der Waals surface area contributed by atoms with Gasteiger partial charge in [0.15, 0.2) is 0 Å². The fourth-order valence-corrected chi connectivity index (χ4v) is 4.45. The van der Waals surface area contributed by atoms with Gasteiger partial charge in [-0.3, -0.25) is 14.7 Å². The van der Waals surface area contributed by atoms with Crippen molar-refractivity contribution >= 4 is 22.7 Å². The largest absolute Gasteiger partial charge is 0.861 e. The number of carbonyl (C=O) groups is 1. The van der Waals surface area contributed by atoms with Crippen molar-refractivity contribution < 1.29 is 14.6 Å². The van der Waals surface area contributed by atoms with Crippen molar-refractivity contribution in [1.82, 2.24) is 20.2 Å². The molecule has 0 spiro atoms. The predicted octanol–water partition coefficient (Wildman–Crippen LogP) is 1.19. The number of hydrogen-bond acceptors (Lipinski definition) is 6. The molecule has 1 saturated heterocycles. The Balaban J connectivity index is 1.23. The normalized spacial score (nSPS) is 24.8. The first-order valence-electron chi connectivity index (χ1n) is 10.8. The second-order valence-electron chi connectivity index (χ2n) is 8.39. The highest BCUT2D eigenvalue weighted by atomic mass is 16.5. The van der Waals surface area contributed by atoms with Crippen LogP contribution in [0.25, 0.3) is 10.9 Å². The maximum Gasteiger partial charge on any atom is 0.267 e. The third-order valence-electron chi connectivity index (χ3n) is 6.60. The molecule has 2 N–H and O–H groups in total. The molecule has 1 aliphatic heterocycles. The Labute approximate surface area is 176 Å². The standard InChI is InChI=1S/C22H31N5O3/c1-2-22(4-6-24-20(28)15-27-7-9-30-10-8-27)12-17(22)13-25-21(29)18-11-16-3-5-23-14-19(16)26-18/h3,5,11,14,17,26H,2,4,6-10,12-13,15H2,1H3,(H,24,28)(H,25,29)/p-1/t17?,22-/m0/s1. The Morgan fingerprint density at radius 2 is 2.30 bits per heavy atom. The summed E-state index contributed by atoms with van der Waals surface area (Å²) in [6.07, 6.45) is 6.46. The minimum atomic E-state index is -0.0894. The summed E-state index contributed by atoms with van der Waals surface area (Å²) in [5.74, 6) is 0.317. The highest BCUT2D eigenvalue weighted by molar-refractivity contribution is 5.97. The van der Waals surface area contributed by atoms with Gasteiger partial charge in [-0.15, -0.1) is 0 Å². The number of ether oxygens (including phenoxy) is 1. The number of rotatable bonds is 9. The van der Waals surface area contributed by atoms with Crippen LogP contribution in [0.1, 0.15) is 36.7 Å². The molecule has 1 amide bonds. The van der Waals surface area contributed by atoms with Crippen molar-refractivity contribution in [3.05, 3.63) is 30.2 Å². The van der Waals surface area contributed by atoms with Gasteiger partial charge < -0.3 is 25.1 Å². The fourth-order valence-electron chi connectivity index (χ4n) is 4.45. The number of H-pyrrole nitrogens is 1. The van der Waals surface area contributed by atoms with Crippen molar-refractivity contribution in [2.45, 2.75) is 26.2 Å². The van der Waals surface area contributed by atoms with Gasteiger partial charge in [0.05, 0.1) is 24.9 Å². The number of nitrogens with zero attached hydrogens (tertiary/aromatic N) is 3. The van der Waals surface area contributed by atoms with Crippen molar-refractivity contribution in [2.75, 3.05) is 45.9 Å². The molecule has 1 aliphatic carbocycles. The summed E-state index contributed by atoms with van der Waals surface area (Å²) in [6, 6.07) is 3.74. The average Bonchev–Trinajstić information content (AvgIpc) is 3.28. The minimum Gasteiger partial charge on any atom is -0.861 e. The van der Waals surface area contributed by atoms with E-state index in [1.807, 2.05) is 12.1 Å². The van der Waals surface area contributed by atoms with E-state index in [2.05, 4.69) is 32.1 Å². The Morgan fingerprint density at radius 3 is 3.07 bits per heavy atom. The summed E-state index contributed by atoms with van der Waals surface area (Å²) in [6.45, 7) is 6.77. The van der Waals surface area contributed by atoms with Gasteiger partial charge in [-0.05, 0) is 42.2 Å². The third-order valence-corrected chi connectivity index (χ3v) is 6.60. The van der Waals surface area contributed by atoms with Gasteiger partial charge in [-0.1, -0.05) is 13.3 Å². The lowest BCUT2D eigenvalue weighted by Crippen LogP contribution is -2.42. The Bertz CT molecular complexity index is 872. The molecule has 1 saturated carbocycles. The SMILES string of the molecule is CC[C@]1(CCN=C([O-])CN2CCOCC2)CC1CNC(=O)c1cc2ccncc2[nH]1. The molecule has 2 aromatic heterocycles. The predicted molar refractivity (Wildman–Crippen MR) is 113 cm³/mol. The number of fused-ring (bicyclic) bond motifs is 1. The van der Waals surface area contributed by atoms with E-state index in [1.54, 1.807) is 12.4 Å². The first-order valence-corrected chi connectivity index (χ1v) is 10.8. The van der Waals surface area contributed by atoms with Crippen LogP contribution in [0.4, 0.5) is 0 Å². The van der Waals surface area contributed by atoms with E-state index in [0.717, 1.165) is 43.3 Å². The third kappa shape index (κ3) is 4.82. The summed E-state index contributed by atoms with van der Waals surface area (Å²) in [5, 5.41) is 16.2. The maximum absolute atomic E-state index is 12.5. The van der Waals surface area contributed by atoms with Gasteiger partial charge in [-0.25, -0.2) is 0 Å². The highest BCUT2D eigenvalue weighted by Crippen LogP contribution is 2.57. The number of morpholine rings is 1. The first-order chi connectivity index (χ1) is 14.6. The molecule has 30 heavy (non-hydrogen) atoms. The number of carbonyl (C=O) groups excluding carboxylic acids is 1. The van der Waals surface area contributed by atoms with Crippen molar-refractivity contribution in [2.24, 2.45) is 16.3 Å². The zero-order valence-electron chi connectivity index (χ0n) is 17.5. The molecule has 3 heterocycles.